The predicted octanol–water partition coefficient (Wildman–Crippen LogP) is 3.88. The van der Waals surface area contributed by atoms with Gasteiger partial charge in [-0.1, -0.05) is 41.9 Å². The Kier molecular flexibility index (Phi) is 3.90. The van der Waals surface area contributed by atoms with E-state index >= 15 is 0 Å². The third kappa shape index (κ3) is 2.78. The molecule has 0 spiro atoms. The summed E-state index contributed by atoms with van der Waals surface area (Å²) in [6, 6.07) is 18.4. The molecule has 1 aliphatic rings. The van der Waals surface area contributed by atoms with E-state index in [0.717, 1.165) is 47.9 Å². The lowest BCUT2D eigenvalue weighted by molar-refractivity contribution is 0.697. The van der Waals surface area contributed by atoms with Crippen LogP contribution >= 0.6 is 11.6 Å². The molecule has 0 bridgehead atoms. The van der Waals surface area contributed by atoms with Gasteiger partial charge in [0.05, 0.1) is 17.1 Å². The Morgan fingerprint density at radius 3 is 2.61 bits per heavy atom. The molecule has 0 saturated heterocycles. The molecule has 1 aliphatic heterocycles. The molecule has 0 amide bonds. The highest BCUT2D eigenvalue weighted by Gasteiger charge is 2.21. The number of hydrogen-bond acceptors (Lipinski definition) is 2. The SMILES string of the molecule is Clc1cccc(-c2c3c(nn2-c2ccccc2)CCNCC3)c1. The lowest BCUT2D eigenvalue weighted by Gasteiger charge is -2.10. The lowest BCUT2D eigenvalue weighted by atomic mass is 10.0. The van der Waals surface area contributed by atoms with Crippen molar-refractivity contribution in [3.05, 3.63) is 70.9 Å². The summed E-state index contributed by atoms with van der Waals surface area (Å²) in [7, 11) is 0. The van der Waals surface area contributed by atoms with Crippen molar-refractivity contribution in [3.63, 3.8) is 0 Å². The molecule has 116 valence electrons. The van der Waals surface area contributed by atoms with E-state index in [4.69, 9.17) is 16.7 Å². The summed E-state index contributed by atoms with van der Waals surface area (Å²) in [5.74, 6) is 0. The van der Waals surface area contributed by atoms with E-state index in [-0.39, 0.29) is 0 Å². The standard InChI is InChI=1S/C19H18ClN3/c20-15-6-4-5-14(13-15)19-17-9-11-21-12-10-18(17)22-23(19)16-7-2-1-3-8-16/h1-8,13,21H,9-12H2. The van der Waals surface area contributed by atoms with Crippen molar-refractivity contribution in [2.75, 3.05) is 13.1 Å². The molecule has 1 aromatic heterocycles. The van der Waals surface area contributed by atoms with Crippen LogP contribution in [0.5, 0.6) is 0 Å². The van der Waals surface area contributed by atoms with Crippen molar-refractivity contribution >= 4 is 11.6 Å². The largest absolute Gasteiger partial charge is 0.316 e. The Morgan fingerprint density at radius 2 is 1.78 bits per heavy atom. The van der Waals surface area contributed by atoms with Gasteiger partial charge in [-0.15, -0.1) is 0 Å². The van der Waals surface area contributed by atoms with Crippen molar-refractivity contribution < 1.29 is 0 Å². The van der Waals surface area contributed by atoms with Crippen molar-refractivity contribution in [1.82, 2.24) is 15.1 Å². The van der Waals surface area contributed by atoms with Crippen LogP contribution in [0.15, 0.2) is 54.6 Å². The van der Waals surface area contributed by atoms with Gasteiger partial charge >= 0.3 is 0 Å². The number of rotatable bonds is 2. The molecule has 0 radical (unpaired) electrons. The van der Waals surface area contributed by atoms with Crippen LogP contribution in [0.3, 0.4) is 0 Å². The average molecular weight is 324 g/mol. The Morgan fingerprint density at radius 1 is 0.957 bits per heavy atom. The van der Waals surface area contributed by atoms with Crippen LogP contribution in [-0.2, 0) is 12.8 Å². The zero-order valence-corrected chi connectivity index (χ0v) is 13.6. The van der Waals surface area contributed by atoms with Crippen LogP contribution in [0.25, 0.3) is 16.9 Å². The quantitative estimate of drug-likeness (QED) is 0.775. The molecule has 0 saturated carbocycles. The smallest absolute Gasteiger partial charge is 0.0776 e. The summed E-state index contributed by atoms with van der Waals surface area (Å²) < 4.78 is 2.07. The number of halogens is 1. The van der Waals surface area contributed by atoms with Crippen LogP contribution in [-0.4, -0.2) is 22.9 Å². The fraction of sp³-hybridized carbons (Fsp3) is 0.211. The number of benzene rings is 2. The maximum atomic E-state index is 6.23. The summed E-state index contributed by atoms with van der Waals surface area (Å²) in [5.41, 5.74) is 5.90. The van der Waals surface area contributed by atoms with Crippen molar-refractivity contribution in [3.8, 4) is 16.9 Å². The molecule has 4 rings (SSSR count). The number of nitrogens with zero attached hydrogens (tertiary/aromatic N) is 2. The molecule has 0 aliphatic carbocycles. The van der Waals surface area contributed by atoms with E-state index in [9.17, 15) is 0 Å². The molecule has 0 unspecified atom stereocenters. The monoisotopic (exact) mass is 323 g/mol. The molecular weight excluding hydrogens is 306 g/mol. The van der Waals surface area contributed by atoms with E-state index in [1.807, 2.05) is 36.4 Å². The highest BCUT2D eigenvalue weighted by molar-refractivity contribution is 6.30. The van der Waals surface area contributed by atoms with Gasteiger partial charge in [-0.25, -0.2) is 4.68 Å². The molecule has 3 aromatic rings. The molecule has 2 heterocycles. The molecule has 1 N–H and O–H groups in total. The normalized spacial score (nSPS) is 14.3. The molecule has 3 nitrogen and oxygen atoms in total. The molecule has 2 aromatic carbocycles. The Balaban J connectivity index is 1.96. The van der Waals surface area contributed by atoms with Crippen LogP contribution in [0.4, 0.5) is 0 Å². The first kappa shape index (κ1) is 14.5. The minimum absolute atomic E-state index is 0.754. The van der Waals surface area contributed by atoms with E-state index in [2.05, 4.69) is 28.2 Å². The van der Waals surface area contributed by atoms with Crippen molar-refractivity contribution in [2.45, 2.75) is 12.8 Å². The maximum Gasteiger partial charge on any atom is 0.0776 e. The number of aromatic nitrogens is 2. The second-order valence-corrected chi connectivity index (χ2v) is 6.22. The topological polar surface area (TPSA) is 29.9 Å². The highest BCUT2D eigenvalue weighted by atomic mass is 35.5. The molecule has 0 fully saturated rings. The maximum absolute atomic E-state index is 6.23. The van der Waals surface area contributed by atoms with E-state index in [0.29, 0.717) is 0 Å². The van der Waals surface area contributed by atoms with Gasteiger partial charge in [-0.3, -0.25) is 0 Å². The van der Waals surface area contributed by atoms with Gasteiger partial charge in [0.15, 0.2) is 0 Å². The van der Waals surface area contributed by atoms with Gasteiger partial charge in [0.25, 0.3) is 0 Å². The van der Waals surface area contributed by atoms with Gasteiger partial charge < -0.3 is 5.32 Å². The van der Waals surface area contributed by atoms with Gasteiger partial charge in [-0.05, 0) is 37.2 Å². The summed E-state index contributed by atoms with van der Waals surface area (Å²) in [6.45, 7) is 1.97. The van der Waals surface area contributed by atoms with Crippen LogP contribution < -0.4 is 5.32 Å². The molecule has 23 heavy (non-hydrogen) atoms. The highest BCUT2D eigenvalue weighted by Crippen LogP contribution is 2.31. The third-order valence-electron chi connectivity index (χ3n) is 4.26. The minimum Gasteiger partial charge on any atom is -0.316 e. The average Bonchev–Trinajstić information content (AvgIpc) is 2.79. The van der Waals surface area contributed by atoms with E-state index in [1.54, 1.807) is 0 Å². The summed E-state index contributed by atoms with van der Waals surface area (Å²) in [5, 5.41) is 9.13. The first-order chi connectivity index (χ1) is 11.3. The fourth-order valence-corrected chi connectivity index (χ4v) is 3.38. The summed E-state index contributed by atoms with van der Waals surface area (Å²) in [4.78, 5) is 0. The number of fused-ring (bicyclic) bond motifs is 1. The molecule has 0 atom stereocenters. The first-order valence-electron chi connectivity index (χ1n) is 7.96. The Bertz CT molecular complexity index is 824. The van der Waals surface area contributed by atoms with E-state index < -0.39 is 0 Å². The molecular formula is C19H18ClN3. The van der Waals surface area contributed by atoms with Crippen LogP contribution in [0.1, 0.15) is 11.3 Å². The third-order valence-corrected chi connectivity index (χ3v) is 4.49. The van der Waals surface area contributed by atoms with Crippen molar-refractivity contribution in [1.29, 1.82) is 0 Å². The second-order valence-electron chi connectivity index (χ2n) is 5.78. The van der Waals surface area contributed by atoms with Crippen LogP contribution in [0, 0.1) is 0 Å². The molecule has 4 heteroatoms. The minimum atomic E-state index is 0.754. The van der Waals surface area contributed by atoms with Gasteiger partial charge in [0, 0.05) is 29.1 Å². The Hall–Kier alpha value is -2.10. The predicted molar refractivity (Wildman–Crippen MR) is 94.3 cm³/mol. The Labute approximate surface area is 140 Å². The number of para-hydroxylation sites is 1. The van der Waals surface area contributed by atoms with Gasteiger partial charge in [-0.2, -0.15) is 5.10 Å². The lowest BCUT2D eigenvalue weighted by Crippen LogP contribution is -2.17. The zero-order chi connectivity index (χ0) is 15.6. The van der Waals surface area contributed by atoms with E-state index in [1.165, 1.54) is 11.3 Å². The van der Waals surface area contributed by atoms with Crippen LogP contribution in [0.2, 0.25) is 5.02 Å². The second kappa shape index (κ2) is 6.19. The summed E-state index contributed by atoms with van der Waals surface area (Å²) in [6.07, 6.45) is 1.95. The number of nitrogens with one attached hydrogen (secondary N) is 1. The summed E-state index contributed by atoms with van der Waals surface area (Å²) >= 11 is 6.23. The van der Waals surface area contributed by atoms with Gasteiger partial charge in [0.1, 0.15) is 0 Å². The zero-order valence-electron chi connectivity index (χ0n) is 12.8. The fourth-order valence-electron chi connectivity index (χ4n) is 3.19. The van der Waals surface area contributed by atoms with Crippen molar-refractivity contribution in [2.24, 2.45) is 0 Å². The number of hydrogen-bond donors (Lipinski definition) is 1. The van der Waals surface area contributed by atoms with Gasteiger partial charge in [0.2, 0.25) is 0 Å². The first-order valence-corrected chi connectivity index (χ1v) is 8.33.